The molecule has 0 atom stereocenters. The summed E-state index contributed by atoms with van der Waals surface area (Å²) in [4.78, 5) is 0. The summed E-state index contributed by atoms with van der Waals surface area (Å²) in [5.41, 5.74) is 1.39. The predicted octanol–water partition coefficient (Wildman–Crippen LogP) is 3.45. The van der Waals surface area contributed by atoms with E-state index in [0.717, 1.165) is 10.9 Å². The number of aromatic nitrogens is 1. The van der Waals surface area contributed by atoms with E-state index in [1.54, 1.807) is 0 Å². The second kappa shape index (κ2) is 3.63. The molecule has 2 aromatic rings. The van der Waals surface area contributed by atoms with Crippen molar-refractivity contribution in [1.82, 2.24) is 4.57 Å². The van der Waals surface area contributed by atoms with Crippen LogP contribution in [0.25, 0.3) is 10.9 Å². The number of benzene rings is 1. The summed E-state index contributed by atoms with van der Waals surface area (Å²) in [5.74, 6) is 0. The third-order valence-electron chi connectivity index (χ3n) is 2.98. The van der Waals surface area contributed by atoms with Crippen LogP contribution in [-0.4, -0.2) is 9.67 Å². The summed E-state index contributed by atoms with van der Waals surface area (Å²) in [6.45, 7) is 7.98. The Labute approximate surface area is 96.5 Å². The lowest BCUT2D eigenvalue weighted by Gasteiger charge is -2.19. The number of rotatable bonds is 2. The van der Waals surface area contributed by atoms with Crippen molar-refractivity contribution in [3.8, 4) is 0 Å². The Balaban J connectivity index is 2.72. The minimum atomic E-state index is -0.789. The van der Waals surface area contributed by atoms with Crippen molar-refractivity contribution in [3.63, 3.8) is 0 Å². The van der Waals surface area contributed by atoms with Crippen LogP contribution in [0.5, 0.6) is 0 Å². The van der Waals surface area contributed by atoms with E-state index in [4.69, 9.17) is 0 Å². The molecule has 0 saturated heterocycles. The summed E-state index contributed by atoms with van der Waals surface area (Å²) in [6, 6.07) is 8.63. The van der Waals surface area contributed by atoms with Gasteiger partial charge in [0, 0.05) is 23.1 Å². The van der Waals surface area contributed by atoms with E-state index in [0.29, 0.717) is 6.04 Å². The molecular weight excluding hydrogens is 198 g/mol. The van der Waals surface area contributed by atoms with Crippen LogP contribution < -0.4 is 0 Å². The zero-order chi connectivity index (χ0) is 11.9. The molecular formula is C14H19NO. The second-order valence-electron chi connectivity index (χ2n) is 5.11. The average molecular weight is 217 g/mol. The highest BCUT2D eigenvalue weighted by Crippen LogP contribution is 2.30. The van der Waals surface area contributed by atoms with Crippen molar-refractivity contribution in [3.05, 3.63) is 36.0 Å². The van der Waals surface area contributed by atoms with E-state index in [-0.39, 0.29) is 0 Å². The number of hydrogen-bond acceptors (Lipinski definition) is 1. The van der Waals surface area contributed by atoms with Crippen molar-refractivity contribution in [2.75, 3.05) is 0 Å². The summed E-state index contributed by atoms with van der Waals surface area (Å²) in [6.07, 6.45) is 2.09. The molecule has 1 aromatic heterocycles. The number of fused-ring (bicyclic) bond motifs is 1. The summed E-state index contributed by atoms with van der Waals surface area (Å²) < 4.78 is 2.23. The standard InChI is InChI=1S/C14H19NO/c1-10(2)15-9-8-11-12(14(3,4)16)6-5-7-13(11)15/h5-10,16H,1-4H3. The van der Waals surface area contributed by atoms with Gasteiger partial charge >= 0.3 is 0 Å². The van der Waals surface area contributed by atoms with Crippen LogP contribution in [0.4, 0.5) is 0 Å². The lowest BCUT2D eigenvalue weighted by Crippen LogP contribution is -2.15. The molecule has 0 aliphatic rings. The Morgan fingerprint density at radius 1 is 1.19 bits per heavy atom. The molecule has 2 nitrogen and oxygen atoms in total. The summed E-state index contributed by atoms with van der Waals surface area (Å²) in [5, 5.41) is 11.3. The van der Waals surface area contributed by atoms with Gasteiger partial charge in [0.1, 0.15) is 0 Å². The fourth-order valence-corrected chi connectivity index (χ4v) is 2.17. The lowest BCUT2D eigenvalue weighted by atomic mass is 9.95. The van der Waals surface area contributed by atoms with Gasteiger partial charge in [-0.2, -0.15) is 0 Å². The Hall–Kier alpha value is -1.28. The highest BCUT2D eigenvalue weighted by molar-refractivity contribution is 5.84. The second-order valence-corrected chi connectivity index (χ2v) is 5.11. The van der Waals surface area contributed by atoms with Crippen LogP contribution in [0.1, 0.15) is 39.3 Å². The van der Waals surface area contributed by atoms with Gasteiger partial charge in [0.05, 0.1) is 5.60 Å². The topological polar surface area (TPSA) is 25.2 Å². The van der Waals surface area contributed by atoms with Crippen LogP contribution in [0, 0.1) is 0 Å². The monoisotopic (exact) mass is 217 g/mol. The Morgan fingerprint density at radius 2 is 1.88 bits per heavy atom. The molecule has 2 heteroatoms. The molecule has 0 aliphatic carbocycles. The molecule has 0 saturated carbocycles. The fourth-order valence-electron chi connectivity index (χ4n) is 2.17. The minimum Gasteiger partial charge on any atom is -0.386 e. The third kappa shape index (κ3) is 1.74. The van der Waals surface area contributed by atoms with Crippen molar-refractivity contribution >= 4 is 10.9 Å². The highest BCUT2D eigenvalue weighted by Gasteiger charge is 2.19. The first-order valence-electron chi connectivity index (χ1n) is 5.73. The maximum atomic E-state index is 10.1. The van der Waals surface area contributed by atoms with Gasteiger partial charge in [-0.25, -0.2) is 0 Å². The minimum absolute atomic E-state index is 0.439. The number of aliphatic hydroxyl groups is 1. The molecule has 0 fully saturated rings. The SMILES string of the molecule is CC(C)n1ccc2c(C(C)(C)O)cccc21. The maximum Gasteiger partial charge on any atom is 0.0847 e. The van der Waals surface area contributed by atoms with Crippen LogP contribution >= 0.6 is 0 Å². The van der Waals surface area contributed by atoms with E-state index < -0.39 is 5.60 Å². The number of hydrogen-bond donors (Lipinski definition) is 1. The van der Waals surface area contributed by atoms with Crippen LogP contribution in [0.15, 0.2) is 30.5 Å². The Kier molecular flexibility index (Phi) is 2.55. The number of nitrogens with zero attached hydrogens (tertiary/aromatic N) is 1. The predicted molar refractivity (Wildman–Crippen MR) is 67.6 cm³/mol. The third-order valence-corrected chi connectivity index (χ3v) is 2.98. The Bertz CT molecular complexity index is 503. The van der Waals surface area contributed by atoms with Crippen LogP contribution in [0.2, 0.25) is 0 Å². The lowest BCUT2D eigenvalue weighted by molar-refractivity contribution is 0.0802. The maximum absolute atomic E-state index is 10.1. The normalized spacial score (nSPS) is 12.6. The van der Waals surface area contributed by atoms with E-state index >= 15 is 0 Å². The van der Waals surface area contributed by atoms with Gasteiger partial charge in [-0.05, 0) is 45.4 Å². The summed E-state index contributed by atoms with van der Waals surface area (Å²) >= 11 is 0. The molecule has 1 N–H and O–H groups in total. The quantitative estimate of drug-likeness (QED) is 0.819. The van der Waals surface area contributed by atoms with Gasteiger partial charge < -0.3 is 9.67 Å². The first-order valence-corrected chi connectivity index (χ1v) is 5.73. The smallest absolute Gasteiger partial charge is 0.0847 e. The molecule has 86 valence electrons. The molecule has 0 radical (unpaired) electrons. The summed E-state index contributed by atoms with van der Waals surface area (Å²) in [7, 11) is 0. The molecule has 1 heterocycles. The van der Waals surface area contributed by atoms with Gasteiger partial charge in [0.2, 0.25) is 0 Å². The van der Waals surface area contributed by atoms with Crippen molar-refractivity contribution < 1.29 is 5.11 Å². The van der Waals surface area contributed by atoms with Crippen molar-refractivity contribution in [2.24, 2.45) is 0 Å². The molecule has 0 aliphatic heterocycles. The molecule has 0 bridgehead atoms. The van der Waals surface area contributed by atoms with Crippen molar-refractivity contribution in [1.29, 1.82) is 0 Å². The molecule has 16 heavy (non-hydrogen) atoms. The molecule has 0 amide bonds. The van der Waals surface area contributed by atoms with E-state index in [2.05, 4.69) is 36.7 Å². The first kappa shape index (κ1) is 11.2. The first-order chi connectivity index (χ1) is 7.41. The highest BCUT2D eigenvalue weighted by atomic mass is 16.3. The van der Waals surface area contributed by atoms with Crippen LogP contribution in [-0.2, 0) is 5.60 Å². The molecule has 0 spiro atoms. The molecule has 0 unspecified atom stereocenters. The van der Waals surface area contributed by atoms with Gasteiger partial charge in [-0.1, -0.05) is 12.1 Å². The van der Waals surface area contributed by atoms with Crippen molar-refractivity contribution in [2.45, 2.75) is 39.3 Å². The van der Waals surface area contributed by atoms with Gasteiger partial charge in [-0.15, -0.1) is 0 Å². The van der Waals surface area contributed by atoms with Gasteiger partial charge in [0.15, 0.2) is 0 Å². The van der Waals surface area contributed by atoms with E-state index in [9.17, 15) is 5.11 Å². The fraction of sp³-hybridized carbons (Fsp3) is 0.429. The van der Waals surface area contributed by atoms with Crippen LogP contribution in [0.3, 0.4) is 0 Å². The van der Waals surface area contributed by atoms with E-state index in [1.165, 1.54) is 5.52 Å². The Morgan fingerprint density at radius 3 is 2.44 bits per heavy atom. The van der Waals surface area contributed by atoms with Gasteiger partial charge in [-0.3, -0.25) is 0 Å². The molecule has 2 rings (SSSR count). The van der Waals surface area contributed by atoms with Gasteiger partial charge in [0.25, 0.3) is 0 Å². The largest absolute Gasteiger partial charge is 0.386 e. The van der Waals surface area contributed by atoms with E-state index in [1.807, 2.05) is 26.0 Å². The molecule has 1 aromatic carbocycles. The average Bonchev–Trinajstić information content (AvgIpc) is 2.58. The zero-order valence-corrected chi connectivity index (χ0v) is 10.4. The zero-order valence-electron chi connectivity index (χ0n) is 10.4.